The van der Waals surface area contributed by atoms with Gasteiger partial charge in [0.2, 0.25) is 5.69 Å². The summed E-state index contributed by atoms with van der Waals surface area (Å²) in [5.74, 6) is 0. The Bertz CT molecular complexity index is 1290. The monoisotopic (exact) mass is 346 g/mol. The Kier molecular flexibility index (Phi) is 2.87. The van der Waals surface area contributed by atoms with Gasteiger partial charge in [0.1, 0.15) is 13.1 Å². The molecule has 0 aliphatic rings. The summed E-state index contributed by atoms with van der Waals surface area (Å²) in [6.07, 6.45) is 0. The molecule has 0 spiro atoms. The minimum atomic E-state index is -2.16. The van der Waals surface area contributed by atoms with Gasteiger partial charge in [-0.05, 0) is 31.0 Å². The molecule has 0 N–H and O–H groups in total. The molecule has 2 aromatic heterocycles. The molecule has 25 heavy (non-hydrogen) atoms. The second-order valence-electron chi connectivity index (χ2n) is 6.36. The molecule has 0 radical (unpaired) electrons. The molecule has 0 aliphatic heterocycles. The molecule has 0 bridgehead atoms. The molecule has 2 nitrogen and oxygen atoms in total. The maximum absolute atomic E-state index is 9.50. The quantitative estimate of drug-likeness (QED) is 0.427. The van der Waals surface area contributed by atoms with Crippen molar-refractivity contribution in [1.82, 2.24) is 0 Å². The molecule has 0 atom stereocenters. The number of rotatable bonds is 1. The van der Waals surface area contributed by atoms with Gasteiger partial charge in [0.05, 0.1) is 15.8 Å². The SMILES string of the molecule is [2H]C([2H])([2H])c1cc(C)[n+](C)c(-c2c(C)ccc3c2sc2c(C#N)cccc23)c1. The fourth-order valence-electron chi connectivity index (χ4n) is 3.40. The zero-order valence-electron chi connectivity index (χ0n) is 17.3. The number of benzene rings is 2. The van der Waals surface area contributed by atoms with Crippen molar-refractivity contribution in [2.75, 3.05) is 0 Å². The Balaban J connectivity index is 2.15. The lowest BCUT2D eigenvalue weighted by Crippen LogP contribution is -2.35. The molecule has 2 aromatic carbocycles. The van der Waals surface area contributed by atoms with Crippen molar-refractivity contribution in [2.45, 2.75) is 20.7 Å². The fraction of sp³-hybridized carbons (Fsp3) is 0.182. The normalized spacial score (nSPS) is 13.4. The number of aromatic nitrogens is 1. The Hall–Kier alpha value is -2.70. The topological polar surface area (TPSA) is 27.7 Å². The van der Waals surface area contributed by atoms with Crippen molar-refractivity contribution in [3.05, 3.63) is 64.8 Å². The minimum absolute atomic E-state index is 0.341. The third-order valence-electron chi connectivity index (χ3n) is 4.80. The van der Waals surface area contributed by atoms with Gasteiger partial charge in [0.25, 0.3) is 0 Å². The van der Waals surface area contributed by atoms with Crippen LogP contribution in [0.2, 0.25) is 0 Å². The molecule has 0 unspecified atom stereocenters. The standard InChI is InChI=1S/C22H19N2S/c1-13-10-15(3)24(4)19(11-13)20-14(2)8-9-18-17-7-5-6-16(12-23)21(17)25-22(18)20/h5-11H,1-4H3/q+1/i1D3. The second kappa shape index (κ2) is 5.68. The zero-order chi connectivity index (χ0) is 20.2. The van der Waals surface area contributed by atoms with Crippen molar-refractivity contribution in [3.8, 4) is 17.3 Å². The molecule has 0 saturated heterocycles. The average molecular weight is 346 g/mol. The van der Waals surface area contributed by atoms with E-state index in [1.165, 1.54) is 0 Å². The maximum atomic E-state index is 9.50. The van der Waals surface area contributed by atoms with Crippen LogP contribution in [0, 0.1) is 32.0 Å². The Labute approximate surface area is 155 Å². The first-order valence-corrected chi connectivity index (χ1v) is 8.90. The smallest absolute Gasteiger partial charge is 0.199 e. The summed E-state index contributed by atoms with van der Waals surface area (Å²) >= 11 is 1.60. The Morgan fingerprint density at radius 3 is 2.64 bits per heavy atom. The molecule has 122 valence electrons. The van der Waals surface area contributed by atoms with E-state index in [1.807, 2.05) is 43.7 Å². The summed E-state index contributed by atoms with van der Waals surface area (Å²) < 4.78 is 27.6. The number of pyridine rings is 1. The van der Waals surface area contributed by atoms with Gasteiger partial charge < -0.3 is 0 Å². The van der Waals surface area contributed by atoms with Crippen LogP contribution in [-0.4, -0.2) is 0 Å². The molecule has 0 amide bonds. The summed E-state index contributed by atoms with van der Waals surface area (Å²) in [5.41, 5.74) is 4.88. The van der Waals surface area contributed by atoms with E-state index < -0.39 is 6.85 Å². The van der Waals surface area contributed by atoms with Gasteiger partial charge in [-0.1, -0.05) is 24.3 Å². The molecule has 0 aliphatic carbocycles. The van der Waals surface area contributed by atoms with E-state index in [2.05, 4.69) is 18.2 Å². The van der Waals surface area contributed by atoms with Crippen molar-refractivity contribution in [2.24, 2.45) is 7.05 Å². The van der Waals surface area contributed by atoms with E-state index in [0.717, 1.165) is 42.7 Å². The highest BCUT2D eigenvalue weighted by atomic mass is 32.1. The van der Waals surface area contributed by atoms with Crippen LogP contribution in [0.15, 0.2) is 42.5 Å². The van der Waals surface area contributed by atoms with Crippen LogP contribution >= 0.6 is 11.3 Å². The van der Waals surface area contributed by atoms with Gasteiger partial charge in [0.15, 0.2) is 5.69 Å². The Morgan fingerprint density at radius 1 is 1.08 bits per heavy atom. The summed E-state index contributed by atoms with van der Waals surface area (Å²) in [6.45, 7) is 1.80. The highest BCUT2D eigenvalue weighted by Gasteiger charge is 2.21. The van der Waals surface area contributed by atoms with E-state index >= 15 is 0 Å². The van der Waals surface area contributed by atoms with E-state index in [-0.39, 0.29) is 0 Å². The summed E-state index contributed by atoms with van der Waals surface area (Å²) in [5, 5.41) is 11.7. The number of fused-ring (bicyclic) bond motifs is 3. The molecule has 0 saturated carbocycles. The van der Waals surface area contributed by atoms with E-state index in [4.69, 9.17) is 4.11 Å². The van der Waals surface area contributed by atoms with E-state index in [1.54, 1.807) is 23.5 Å². The minimum Gasteiger partial charge on any atom is -0.199 e. The molecule has 4 rings (SSSR count). The van der Waals surface area contributed by atoms with Crippen LogP contribution in [0.3, 0.4) is 0 Å². The van der Waals surface area contributed by atoms with Gasteiger partial charge >= 0.3 is 0 Å². The number of nitrogens with zero attached hydrogens (tertiary/aromatic N) is 2. The largest absolute Gasteiger partial charge is 0.214 e. The van der Waals surface area contributed by atoms with Crippen LogP contribution in [0.4, 0.5) is 0 Å². The van der Waals surface area contributed by atoms with E-state index in [9.17, 15) is 5.26 Å². The lowest BCUT2D eigenvalue weighted by atomic mass is 9.99. The van der Waals surface area contributed by atoms with Crippen LogP contribution < -0.4 is 4.57 Å². The van der Waals surface area contributed by atoms with Crippen LogP contribution in [0.25, 0.3) is 31.4 Å². The highest BCUT2D eigenvalue weighted by Crippen LogP contribution is 2.41. The van der Waals surface area contributed by atoms with Crippen molar-refractivity contribution in [3.63, 3.8) is 0 Å². The predicted molar refractivity (Wildman–Crippen MR) is 105 cm³/mol. The zero-order valence-corrected chi connectivity index (χ0v) is 15.2. The molecule has 0 fully saturated rings. The van der Waals surface area contributed by atoms with Crippen LogP contribution in [0.1, 0.15) is 26.5 Å². The number of hydrogen-bond donors (Lipinski definition) is 0. The van der Waals surface area contributed by atoms with Gasteiger partial charge in [-0.2, -0.15) is 9.83 Å². The van der Waals surface area contributed by atoms with Crippen molar-refractivity contribution >= 4 is 31.5 Å². The number of hydrogen-bond acceptors (Lipinski definition) is 2. The maximum Gasteiger partial charge on any atom is 0.214 e. The number of nitriles is 1. The van der Waals surface area contributed by atoms with Gasteiger partial charge in [-0.3, -0.25) is 0 Å². The first kappa shape index (κ1) is 12.6. The first-order chi connectivity index (χ1) is 13.2. The summed E-state index contributed by atoms with van der Waals surface area (Å²) in [6, 6.07) is 15.7. The van der Waals surface area contributed by atoms with Crippen LogP contribution in [-0.2, 0) is 7.05 Å². The van der Waals surface area contributed by atoms with E-state index in [0.29, 0.717) is 11.1 Å². The Morgan fingerprint density at radius 2 is 1.88 bits per heavy atom. The molecule has 2 heterocycles. The second-order valence-corrected chi connectivity index (χ2v) is 7.38. The third kappa shape index (κ3) is 2.33. The van der Waals surface area contributed by atoms with Gasteiger partial charge in [-0.25, -0.2) is 0 Å². The molecular formula is C22H19N2S+. The van der Waals surface area contributed by atoms with Gasteiger partial charge in [-0.15, -0.1) is 11.3 Å². The summed E-state index contributed by atoms with van der Waals surface area (Å²) in [4.78, 5) is 0. The van der Waals surface area contributed by atoms with Crippen molar-refractivity contribution < 1.29 is 8.68 Å². The number of thiophene rings is 1. The molecular weight excluding hydrogens is 324 g/mol. The molecule has 4 aromatic rings. The fourth-order valence-corrected chi connectivity index (χ4v) is 4.78. The van der Waals surface area contributed by atoms with Crippen LogP contribution in [0.5, 0.6) is 0 Å². The molecule has 3 heteroatoms. The number of aryl methyl sites for hydroxylation is 3. The predicted octanol–water partition coefficient (Wildman–Crippen LogP) is 5.34. The third-order valence-corrected chi connectivity index (χ3v) is 6.07. The lowest BCUT2D eigenvalue weighted by molar-refractivity contribution is -0.666. The highest BCUT2D eigenvalue weighted by molar-refractivity contribution is 7.26. The average Bonchev–Trinajstić information content (AvgIpc) is 3.02. The van der Waals surface area contributed by atoms with Crippen molar-refractivity contribution in [1.29, 1.82) is 5.26 Å². The van der Waals surface area contributed by atoms with Gasteiger partial charge in [0, 0.05) is 38.6 Å². The summed E-state index contributed by atoms with van der Waals surface area (Å²) in [7, 11) is 1.96. The first-order valence-electron chi connectivity index (χ1n) is 9.59. The lowest BCUT2D eigenvalue weighted by Gasteiger charge is -2.08.